The van der Waals surface area contributed by atoms with Crippen molar-refractivity contribution in [3.63, 3.8) is 0 Å². The molecule has 0 bridgehead atoms. The molecule has 1 aliphatic rings. The number of rotatable bonds is 7. The number of phenols is 1. The van der Waals surface area contributed by atoms with Crippen LogP contribution in [0.25, 0.3) is 0 Å². The number of aliphatic imine (C=N–C) groups is 1. The molecule has 0 spiro atoms. The molecule has 22 heavy (non-hydrogen) atoms. The number of hydrogen-bond acceptors (Lipinski definition) is 6. The van der Waals surface area contributed by atoms with E-state index in [0.29, 0.717) is 35.3 Å². The van der Waals surface area contributed by atoms with Crippen molar-refractivity contribution in [2.45, 2.75) is 25.3 Å². The minimum absolute atomic E-state index is 0.0391. The van der Waals surface area contributed by atoms with E-state index >= 15 is 0 Å². The number of aliphatic carboxylic acids is 1. The number of hydrogen-bond donors (Lipinski definition) is 3. The number of carboxylic acids is 1. The van der Waals surface area contributed by atoms with E-state index in [0.717, 1.165) is 12.8 Å². The smallest absolute Gasteiger partial charge is 0.332 e. The highest BCUT2D eigenvalue weighted by molar-refractivity contribution is 8.14. The van der Waals surface area contributed by atoms with Crippen LogP contribution in [0.15, 0.2) is 23.2 Å². The predicted octanol–water partition coefficient (Wildman–Crippen LogP) is 1.85. The van der Waals surface area contributed by atoms with Crippen molar-refractivity contribution >= 4 is 22.8 Å². The van der Waals surface area contributed by atoms with E-state index in [2.05, 4.69) is 4.99 Å². The lowest BCUT2D eigenvalue weighted by atomic mass is 10.1. The molecule has 1 atom stereocenters. The van der Waals surface area contributed by atoms with Gasteiger partial charge in [0, 0.05) is 17.4 Å². The van der Waals surface area contributed by atoms with Gasteiger partial charge in [0.2, 0.25) is 0 Å². The van der Waals surface area contributed by atoms with E-state index in [1.54, 1.807) is 19.1 Å². The first kappa shape index (κ1) is 16.6. The zero-order chi connectivity index (χ0) is 16.2. The Balaban J connectivity index is 2.09. The fourth-order valence-corrected chi connectivity index (χ4v) is 3.16. The third kappa shape index (κ3) is 3.72. The summed E-state index contributed by atoms with van der Waals surface area (Å²) in [5, 5.41) is 19.8. The minimum atomic E-state index is -1.14. The number of nitrogens with two attached hydrogens (primary N) is 1. The molecule has 4 N–H and O–H groups in total. The van der Waals surface area contributed by atoms with Crippen LogP contribution in [0.1, 0.15) is 25.3 Å². The van der Waals surface area contributed by atoms with Crippen LogP contribution in [-0.2, 0) is 4.79 Å². The van der Waals surface area contributed by atoms with Gasteiger partial charge >= 0.3 is 5.97 Å². The van der Waals surface area contributed by atoms with Crippen molar-refractivity contribution in [1.29, 1.82) is 0 Å². The van der Waals surface area contributed by atoms with Crippen molar-refractivity contribution in [2.24, 2.45) is 10.7 Å². The number of carboxylic acid groups (broad SMARTS) is 1. The Kier molecular flexibility index (Phi) is 5.31. The van der Waals surface area contributed by atoms with Gasteiger partial charge in [-0.05, 0) is 38.4 Å². The second-order valence-corrected chi connectivity index (χ2v) is 6.27. The SMILES string of the molecule is C[C@]1(C(=O)O)CSC(c2ccc(OCCCCN)cc2O)=N1. The first-order valence-electron chi connectivity index (χ1n) is 7.08. The lowest BCUT2D eigenvalue weighted by Crippen LogP contribution is -2.33. The van der Waals surface area contributed by atoms with Crippen molar-refractivity contribution < 1.29 is 19.7 Å². The topological polar surface area (TPSA) is 105 Å². The molecule has 0 saturated carbocycles. The number of unbranched alkanes of at least 4 members (excludes halogenated alkanes) is 1. The molecule has 1 aromatic rings. The standard InChI is InChI=1S/C15H20N2O4S/c1-15(14(19)20)9-22-13(17-15)11-5-4-10(8-12(11)18)21-7-3-2-6-16/h4-5,8,18H,2-3,6-7,9,16H2,1H3,(H,19,20)/t15-/m1/s1. The third-order valence-electron chi connectivity index (χ3n) is 3.37. The highest BCUT2D eigenvalue weighted by Crippen LogP contribution is 2.35. The summed E-state index contributed by atoms with van der Waals surface area (Å²) in [5.41, 5.74) is 4.81. The molecule has 0 aliphatic carbocycles. The predicted molar refractivity (Wildman–Crippen MR) is 86.9 cm³/mol. The maximum Gasteiger partial charge on any atom is 0.332 e. The largest absolute Gasteiger partial charge is 0.507 e. The Bertz CT molecular complexity index is 591. The van der Waals surface area contributed by atoms with Gasteiger partial charge in [-0.3, -0.25) is 4.99 Å². The molecule has 1 heterocycles. The van der Waals surface area contributed by atoms with Gasteiger partial charge in [-0.2, -0.15) is 0 Å². The highest BCUT2D eigenvalue weighted by Gasteiger charge is 2.38. The third-order valence-corrected chi connectivity index (χ3v) is 4.66. The van der Waals surface area contributed by atoms with E-state index in [1.807, 2.05) is 0 Å². The van der Waals surface area contributed by atoms with Gasteiger partial charge < -0.3 is 20.7 Å². The normalized spacial score (nSPS) is 20.7. The molecule has 0 saturated heterocycles. The number of carbonyl (C=O) groups is 1. The van der Waals surface area contributed by atoms with Gasteiger partial charge in [0.1, 0.15) is 16.5 Å². The van der Waals surface area contributed by atoms with Crippen molar-refractivity contribution in [3.8, 4) is 11.5 Å². The van der Waals surface area contributed by atoms with E-state index in [4.69, 9.17) is 10.5 Å². The average molecular weight is 324 g/mol. The zero-order valence-electron chi connectivity index (χ0n) is 12.4. The van der Waals surface area contributed by atoms with Crippen molar-refractivity contribution in [2.75, 3.05) is 18.9 Å². The quantitative estimate of drug-likeness (QED) is 0.661. The Hall–Kier alpha value is -1.73. The highest BCUT2D eigenvalue weighted by atomic mass is 32.2. The molecule has 7 heteroatoms. The Labute approximate surface area is 133 Å². The molecule has 0 radical (unpaired) electrons. The Morgan fingerprint density at radius 1 is 1.50 bits per heavy atom. The van der Waals surface area contributed by atoms with E-state index in [9.17, 15) is 15.0 Å². The molecule has 6 nitrogen and oxygen atoms in total. The number of aromatic hydroxyl groups is 1. The van der Waals surface area contributed by atoms with Gasteiger partial charge in [-0.1, -0.05) is 0 Å². The zero-order valence-corrected chi connectivity index (χ0v) is 13.2. The van der Waals surface area contributed by atoms with E-state index < -0.39 is 11.5 Å². The van der Waals surface area contributed by atoms with Crippen LogP contribution in [-0.4, -0.2) is 45.7 Å². The minimum Gasteiger partial charge on any atom is -0.507 e. The molecule has 2 rings (SSSR count). The van der Waals surface area contributed by atoms with Crippen LogP contribution in [0, 0.1) is 0 Å². The summed E-state index contributed by atoms with van der Waals surface area (Å²) in [6, 6.07) is 4.97. The molecular formula is C15H20N2O4S. The molecule has 0 amide bonds. The fourth-order valence-electron chi connectivity index (χ4n) is 1.96. The van der Waals surface area contributed by atoms with Crippen LogP contribution in [0.2, 0.25) is 0 Å². The summed E-state index contributed by atoms with van der Waals surface area (Å²) in [7, 11) is 0. The molecule has 120 valence electrons. The summed E-state index contributed by atoms with van der Waals surface area (Å²) in [5.74, 6) is 0.00322. The summed E-state index contributed by atoms with van der Waals surface area (Å²) in [6.45, 7) is 2.75. The van der Waals surface area contributed by atoms with Gasteiger partial charge in [0.05, 0.1) is 6.61 Å². The Morgan fingerprint density at radius 2 is 2.27 bits per heavy atom. The first-order chi connectivity index (χ1) is 10.5. The average Bonchev–Trinajstić information content (AvgIpc) is 2.87. The van der Waals surface area contributed by atoms with Gasteiger partial charge in [0.15, 0.2) is 5.54 Å². The lowest BCUT2D eigenvalue weighted by Gasteiger charge is -2.11. The maximum absolute atomic E-state index is 11.2. The van der Waals surface area contributed by atoms with Crippen molar-refractivity contribution in [1.82, 2.24) is 0 Å². The molecule has 1 aromatic carbocycles. The van der Waals surface area contributed by atoms with E-state index in [1.165, 1.54) is 17.8 Å². The van der Waals surface area contributed by atoms with Crippen LogP contribution < -0.4 is 10.5 Å². The second-order valence-electron chi connectivity index (χ2n) is 5.31. The molecule has 0 fully saturated rings. The lowest BCUT2D eigenvalue weighted by molar-refractivity contribution is -0.141. The number of thioether (sulfide) groups is 1. The van der Waals surface area contributed by atoms with Crippen LogP contribution in [0.5, 0.6) is 11.5 Å². The summed E-state index contributed by atoms with van der Waals surface area (Å²) >= 11 is 1.33. The first-order valence-corrected chi connectivity index (χ1v) is 8.07. The van der Waals surface area contributed by atoms with Crippen LogP contribution in [0.3, 0.4) is 0 Å². The van der Waals surface area contributed by atoms with E-state index in [-0.39, 0.29) is 5.75 Å². The van der Waals surface area contributed by atoms with Gasteiger partial charge in [-0.15, -0.1) is 11.8 Å². The number of benzene rings is 1. The molecule has 0 unspecified atom stereocenters. The monoisotopic (exact) mass is 324 g/mol. The number of nitrogens with zero attached hydrogens (tertiary/aromatic N) is 1. The number of ether oxygens (including phenoxy) is 1. The van der Waals surface area contributed by atoms with Gasteiger partial charge in [-0.25, -0.2) is 4.79 Å². The second kappa shape index (κ2) is 7.02. The molecule has 1 aliphatic heterocycles. The Morgan fingerprint density at radius 3 is 2.86 bits per heavy atom. The summed E-state index contributed by atoms with van der Waals surface area (Å²) in [4.78, 5) is 15.4. The summed E-state index contributed by atoms with van der Waals surface area (Å²) < 4.78 is 5.53. The molecular weight excluding hydrogens is 304 g/mol. The van der Waals surface area contributed by atoms with Crippen LogP contribution in [0.4, 0.5) is 0 Å². The fraction of sp³-hybridized carbons (Fsp3) is 0.467. The molecule has 0 aromatic heterocycles. The van der Waals surface area contributed by atoms with Crippen molar-refractivity contribution in [3.05, 3.63) is 23.8 Å². The number of phenolic OH excluding ortho intramolecular Hbond substituents is 1. The maximum atomic E-state index is 11.2. The van der Waals surface area contributed by atoms with Crippen LogP contribution >= 0.6 is 11.8 Å². The van der Waals surface area contributed by atoms with Gasteiger partial charge in [0.25, 0.3) is 0 Å². The summed E-state index contributed by atoms with van der Waals surface area (Å²) in [6.07, 6.45) is 1.75.